The van der Waals surface area contributed by atoms with Gasteiger partial charge in [-0.05, 0) is 31.0 Å². The van der Waals surface area contributed by atoms with Crippen LogP contribution in [0.1, 0.15) is 35.3 Å². The molecule has 0 heterocycles. The topological polar surface area (TPSA) is 58.2 Å². The lowest BCUT2D eigenvalue weighted by Crippen LogP contribution is -2.49. The second-order valence-electron chi connectivity index (χ2n) is 6.37. The fourth-order valence-electron chi connectivity index (χ4n) is 2.48. The average Bonchev–Trinajstić information content (AvgIpc) is 2.58. The molecule has 0 bridgehead atoms. The zero-order valence-electron chi connectivity index (χ0n) is 14.7. The predicted molar refractivity (Wildman–Crippen MR) is 95.5 cm³/mol. The molecule has 0 spiro atoms. The lowest BCUT2D eigenvalue weighted by atomic mass is 10.0. The SMILES string of the molecule is Cc1cccc(C(=O)N[C@H](C(=O)NCc2ccccc2F)C(C)C)c1. The highest BCUT2D eigenvalue weighted by Gasteiger charge is 2.24. The van der Waals surface area contributed by atoms with Gasteiger partial charge in [-0.1, -0.05) is 49.7 Å². The van der Waals surface area contributed by atoms with Gasteiger partial charge in [0.05, 0.1) is 0 Å². The Bertz CT molecular complexity index is 759. The van der Waals surface area contributed by atoms with Gasteiger partial charge in [-0.25, -0.2) is 4.39 Å². The van der Waals surface area contributed by atoms with Crippen molar-refractivity contribution in [2.45, 2.75) is 33.4 Å². The molecule has 0 aromatic heterocycles. The second-order valence-corrected chi connectivity index (χ2v) is 6.37. The van der Waals surface area contributed by atoms with Crippen LogP contribution in [0.4, 0.5) is 4.39 Å². The molecular weight excluding hydrogens is 319 g/mol. The van der Waals surface area contributed by atoms with E-state index in [4.69, 9.17) is 0 Å². The van der Waals surface area contributed by atoms with Crippen LogP contribution in [0.15, 0.2) is 48.5 Å². The Kier molecular flexibility index (Phi) is 6.28. The number of hydrogen-bond donors (Lipinski definition) is 2. The number of rotatable bonds is 6. The summed E-state index contributed by atoms with van der Waals surface area (Å²) >= 11 is 0. The minimum Gasteiger partial charge on any atom is -0.350 e. The first-order valence-corrected chi connectivity index (χ1v) is 8.27. The molecule has 2 aromatic carbocycles. The molecule has 0 saturated carbocycles. The van der Waals surface area contributed by atoms with E-state index in [1.807, 2.05) is 26.8 Å². The first-order valence-electron chi connectivity index (χ1n) is 8.27. The van der Waals surface area contributed by atoms with Gasteiger partial charge in [0.15, 0.2) is 0 Å². The van der Waals surface area contributed by atoms with Crippen LogP contribution in [-0.2, 0) is 11.3 Å². The Balaban J connectivity index is 2.03. The maximum Gasteiger partial charge on any atom is 0.251 e. The van der Waals surface area contributed by atoms with Crippen molar-refractivity contribution in [1.29, 1.82) is 0 Å². The molecule has 2 aromatic rings. The summed E-state index contributed by atoms with van der Waals surface area (Å²) in [6.07, 6.45) is 0. The summed E-state index contributed by atoms with van der Waals surface area (Å²) < 4.78 is 13.6. The monoisotopic (exact) mass is 342 g/mol. The third kappa shape index (κ3) is 5.14. The van der Waals surface area contributed by atoms with Gasteiger partial charge in [0.25, 0.3) is 5.91 Å². The average molecular weight is 342 g/mol. The van der Waals surface area contributed by atoms with Crippen LogP contribution >= 0.6 is 0 Å². The number of hydrogen-bond acceptors (Lipinski definition) is 2. The van der Waals surface area contributed by atoms with Crippen LogP contribution in [0.3, 0.4) is 0 Å². The number of halogens is 1. The van der Waals surface area contributed by atoms with Gasteiger partial charge in [-0.2, -0.15) is 0 Å². The highest BCUT2D eigenvalue weighted by Crippen LogP contribution is 2.09. The van der Waals surface area contributed by atoms with Gasteiger partial charge in [0.1, 0.15) is 11.9 Å². The standard InChI is InChI=1S/C20H23FN2O2/c1-13(2)18(23-19(24)15-9-6-7-14(3)11-15)20(25)22-12-16-8-4-5-10-17(16)21/h4-11,13,18H,12H2,1-3H3,(H,22,25)(H,23,24)/t18-/m0/s1. The van der Waals surface area contributed by atoms with E-state index < -0.39 is 6.04 Å². The number of aryl methyl sites for hydroxylation is 1. The van der Waals surface area contributed by atoms with E-state index in [2.05, 4.69) is 10.6 Å². The summed E-state index contributed by atoms with van der Waals surface area (Å²) in [5.74, 6) is -1.11. The minimum atomic E-state index is -0.695. The summed E-state index contributed by atoms with van der Waals surface area (Å²) in [7, 11) is 0. The molecule has 5 heteroatoms. The van der Waals surface area contributed by atoms with Gasteiger partial charge in [0.2, 0.25) is 5.91 Å². The third-order valence-electron chi connectivity index (χ3n) is 3.93. The van der Waals surface area contributed by atoms with Crippen LogP contribution in [0.2, 0.25) is 0 Å². The van der Waals surface area contributed by atoms with Crippen LogP contribution in [0.25, 0.3) is 0 Å². The van der Waals surface area contributed by atoms with Crippen LogP contribution in [0, 0.1) is 18.7 Å². The number of nitrogens with one attached hydrogen (secondary N) is 2. The molecule has 2 rings (SSSR count). The van der Waals surface area contributed by atoms with Gasteiger partial charge < -0.3 is 10.6 Å². The van der Waals surface area contributed by atoms with E-state index in [1.165, 1.54) is 6.07 Å². The minimum absolute atomic E-state index is 0.0784. The summed E-state index contributed by atoms with van der Waals surface area (Å²) in [5, 5.41) is 5.46. The quantitative estimate of drug-likeness (QED) is 0.847. The smallest absolute Gasteiger partial charge is 0.251 e. The van der Waals surface area contributed by atoms with E-state index in [1.54, 1.807) is 36.4 Å². The van der Waals surface area contributed by atoms with Crippen LogP contribution < -0.4 is 10.6 Å². The number of carbonyl (C=O) groups excluding carboxylic acids is 2. The maximum atomic E-state index is 13.6. The zero-order chi connectivity index (χ0) is 18.4. The third-order valence-corrected chi connectivity index (χ3v) is 3.93. The van der Waals surface area contributed by atoms with Crippen LogP contribution in [-0.4, -0.2) is 17.9 Å². The summed E-state index contributed by atoms with van der Waals surface area (Å²) in [4.78, 5) is 24.8. The molecule has 4 nitrogen and oxygen atoms in total. The first-order chi connectivity index (χ1) is 11.9. The normalized spacial score (nSPS) is 11.9. The van der Waals surface area contributed by atoms with Gasteiger partial charge >= 0.3 is 0 Å². The van der Waals surface area contributed by atoms with Gasteiger partial charge in [-0.15, -0.1) is 0 Å². The Morgan fingerprint density at radius 1 is 1.08 bits per heavy atom. The molecular formula is C20H23FN2O2. The van der Waals surface area contributed by atoms with Crippen molar-refractivity contribution >= 4 is 11.8 Å². The Morgan fingerprint density at radius 3 is 2.44 bits per heavy atom. The van der Waals surface area contributed by atoms with Crippen molar-refractivity contribution in [3.05, 3.63) is 71.0 Å². The molecule has 0 aliphatic carbocycles. The van der Waals surface area contributed by atoms with Crippen molar-refractivity contribution in [3.8, 4) is 0 Å². The first kappa shape index (κ1) is 18.6. The molecule has 0 unspecified atom stereocenters. The van der Waals surface area contributed by atoms with E-state index in [-0.39, 0.29) is 30.1 Å². The molecule has 0 fully saturated rings. The molecule has 1 atom stereocenters. The molecule has 0 saturated heterocycles. The van der Waals surface area contributed by atoms with E-state index in [9.17, 15) is 14.0 Å². The van der Waals surface area contributed by atoms with Crippen molar-refractivity contribution in [3.63, 3.8) is 0 Å². The fraction of sp³-hybridized carbons (Fsp3) is 0.300. The number of benzene rings is 2. The molecule has 0 aliphatic heterocycles. The predicted octanol–water partition coefficient (Wildman–Crippen LogP) is 3.20. The largest absolute Gasteiger partial charge is 0.350 e. The number of carbonyl (C=O) groups is 2. The van der Waals surface area contributed by atoms with Gasteiger partial charge in [0, 0.05) is 17.7 Å². The Hall–Kier alpha value is -2.69. The Morgan fingerprint density at radius 2 is 1.80 bits per heavy atom. The van der Waals surface area contributed by atoms with Crippen molar-refractivity contribution in [1.82, 2.24) is 10.6 Å². The van der Waals surface area contributed by atoms with E-state index >= 15 is 0 Å². The molecule has 2 N–H and O–H groups in total. The summed E-state index contributed by atoms with van der Waals surface area (Å²) in [6, 6.07) is 12.8. The van der Waals surface area contributed by atoms with Crippen molar-refractivity contribution in [2.75, 3.05) is 0 Å². The molecule has 0 radical (unpaired) electrons. The molecule has 132 valence electrons. The lowest BCUT2D eigenvalue weighted by molar-refractivity contribution is -0.124. The Labute approximate surface area is 147 Å². The molecule has 0 aliphatic rings. The number of amides is 2. The van der Waals surface area contributed by atoms with Crippen LogP contribution in [0.5, 0.6) is 0 Å². The van der Waals surface area contributed by atoms with Crippen molar-refractivity contribution < 1.29 is 14.0 Å². The van der Waals surface area contributed by atoms with E-state index in [0.717, 1.165) is 5.56 Å². The molecule has 25 heavy (non-hydrogen) atoms. The van der Waals surface area contributed by atoms with Gasteiger partial charge in [-0.3, -0.25) is 9.59 Å². The van der Waals surface area contributed by atoms with Crippen molar-refractivity contribution in [2.24, 2.45) is 5.92 Å². The maximum absolute atomic E-state index is 13.6. The fourth-order valence-corrected chi connectivity index (χ4v) is 2.48. The highest BCUT2D eigenvalue weighted by molar-refractivity contribution is 5.97. The summed E-state index contributed by atoms with van der Waals surface area (Å²) in [5.41, 5.74) is 1.88. The second kappa shape index (κ2) is 8.42. The summed E-state index contributed by atoms with van der Waals surface area (Å²) in [6.45, 7) is 5.68. The highest BCUT2D eigenvalue weighted by atomic mass is 19.1. The van der Waals surface area contributed by atoms with E-state index in [0.29, 0.717) is 11.1 Å². The lowest BCUT2D eigenvalue weighted by Gasteiger charge is -2.22. The zero-order valence-corrected chi connectivity index (χ0v) is 14.7. The molecule has 2 amide bonds.